The quantitative estimate of drug-likeness (QED) is 0.769. The van der Waals surface area contributed by atoms with Gasteiger partial charge < -0.3 is 16.0 Å². The Hall–Kier alpha value is -2.29. The number of aromatic nitrogens is 1. The van der Waals surface area contributed by atoms with Crippen LogP contribution in [0.2, 0.25) is 0 Å². The maximum absolute atomic E-state index is 11.1. The third-order valence-electron chi connectivity index (χ3n) is 2.32. The monoisotopic (exact) mass is 233 g/mol. The molecule has 1 amide bonds. The summed E-state index contributed by atoms with van der Waals surface area (Å²) in [5, 5.41) is 11.5. The van der Waals surface area contributed by atoms with Crippen molar-refractivity contribution >= 4 is 17.4 Å². The van der Waals surface area contributed by atoms with Gasteiger partial charge in [-0.3, -0.25) is 4.79 Å². The summed E-state index contributed by atoms with van der Waals surface area (Å²) < 4.78 is 0. The van der Waals surface area contributed by atoms with E-state index in [2.05, 4.69) is 10.3 Å². The van der Waals surface area contributed by atoms with E-state index in [-0.39, 0.29) is 5.91 Å². The molecule has 1 heterocycles. The van der Waals surface area contributed by atoms with Crippen molar-refractivity contribution in [3.8, 4) is 6.07 Å². The van der Waals surface area contributed by atoms with Crippen LogP contribution in [0.1, 0.15) is 12.0 Å². The minimum absolute atomic E-state index is 0.0502. The number of pyridine rings is 1. The molecule has 3 N–H and O–H groups in total. The van der Waals surface area contributed by atoms with Gasteiger partial charge in [0, 0.05) is 27.1 Å². The molecule has 0 aliphatic carbocycles. The van der Waals surface area contributed by atoms with E-state index in [1.807, 2.05) is 6.07 Å². The van der Waals surface area contributed by atoms with Crippen molar-refractivity contribution in [3.63, 3.8) is 0 Å². The highest BCUT2D eigenvalue weighted by Crippen LogP contribution is 2.17. The van der Waals surface area contributed by atoms with Gasteiger partial charge in [-0.15, -0.1) is 0 Å². The SMILES string of the molecule is CNC(=O)CCN(C)c1ncc(N)cc1C#N. The van der Waals surface area contributed by atoms with Gasteiger partial charge in [0.1, 0.15) is 11.9 Å². The summed E-state index contributed by atoms with van der Waals surface area (Å²) in [6, 6.07) is 3.60. The van der Waals surface area contributed by atoms with Crippen LogP contribution in [0.25, 0.3) is 0 Å². The molecule has 0 aliphatic rings. The van der Waals surface area contributed by atoms with E-state index in [4.69, 9.17) is 11.0 Å². The Labute approximate surface area is 100 Å². The van der Waals surface area contributed by atoms with E-state index < -0.39 is 0 Å². The van der Waals surface area contributed by atoms with Crippen LogP contribution in [-0.4, -0.2) is 31.5 Å². The zero-order chi connectivity index (χ0) is 12.8. The molecule has 0 spiro atoms. The molecule has 0 unspecified atom stereocenters. The lowest BCUT2D eigenvalue weighted by Gasteiger charge is -2.18. The highest BCUT2D eigenvalue weighted by atomic mass is 16.1. The molecule has 0 saturated carbocycles. The van der Waals surface area contributed by atoms with Gasteiger partial charge in [0.05, 0.1) is 17.4 Å². The van der Waals surface area contributed by atoms with Crippen molar-refractivity contribution in [2.45, 2.75) is 6.42 Å². The molecule has 0 aliphatic heterocycles. The molecule has 0 saturated heterocycles. The van der Waals surface area contributed by atoms with E-state index in [9.17, 15) is 4.79 Å². The third-order valence-corrected chi connectivity index (χ3v) is 2.32. The number of nitrogens with one attached hydrogen (secondary N) is 1. The summed E-state index contributed by atoms with van der Waals surface area (Å²) in [7, 11) is 3.37. The number of hydrogen-bond acceptors (Lipinski definition) is 5. The highest BCUT2D eigenvalue weighted by Gasteiger charge is 2.10. The second-order valence-corrected chi connectivity index (χ2v) is 3.60. The average Bonchev–Trinajstić information content (AvgIpc) is 2.35. The standard InChI is InChI=1S/C11H15N5O/c1-14-10(17)3-4-16(2)11-8(6-12)5-9(13)7-15-11/h5,7H,3-4,13H2,1-2H3,(H,14,17). The zero-order valence-corrected chi connectivity index (χ0v) is 9.90. The molecule has 0 bridgehead atoms. The van der Waals surface area contributed by atoms with Crippen molar-refractivity contribution in [2.75, 3.05) is 31.3 Å². The number of anilines is 2. The molecule has 1 rings (SSSR count). The summed E-state index contributed by atoms with van der Waals surface area (Å²) in [4.78, 5) is 17.0. The Bertz CT molecular complexity index is 452. The number of carbonyl (C=O) groups is 1. The summed E-state index contributed by atoms with van der Waals surface area (Å²) in [6.07, 6.45) is 1.84. The maximum Gasteiger partial charge on any atom is 0.221 e. The molecule has 0 fully saturated rings. The molecule has 1 aromatic heterocycles. The van der Waals surface area contributed by atoms with Gasteiger partial charge in [-0.05, 0) is 6.07 Å². The van der Waals surface area contributed by atoms with Gasteiger partial charge in [0.25, 0.3) is 0 Å². The van der Waals surface area contributed by atoms with Gasteiger partial charge in [-0.1, -0.05) is 0 Å². The molecule has 6 nitrogen and oxygen atoms in total. The van der Waals surface area contributed by atoms with Gasteiger partial charge in [-0.2, -0.15) is 5.26 Å². The first kappa shape index (κ1) is 12.8. The first-order valence-corrected chi connectivity index (χ1v) is 5.15. The fraction of sp³-hybridized carbons (Fsp3) is 0.364. The lowest BCUT2D eigenvalue weighted by atomic mass is 10.2. The number of carbonyl (C=O) groups excluding carboxylic acids is 1. The molecule has 1 aromatic rings. The number of nitrogen functional groups attached to an aromatic ring is 1. The number of nitrogens with zero attached hydrogens (tertiary/aromatic N) is 3. The summed E-state index contributed by atoms with van der Waals surface area (Å²) >= 11 is 0. The highest BCUT2D eigenvalue weighted by molar-refractivity contribution is 5.76. The summed E-state index contributed by atoms with van der Waals surface area (Å²) in [6.45, 7) is 0.491. The van der Waals surface area contributed by atoms with Crippen molar-refractivity contribution in [3.05, 3.63) is 17.8 Å². The van der Waals surface area contributed by atoms with Crippen LogP contribution in [0, 0.1) is 11.3 Å². The molecule has 0 radical (unpaired) electrons. The fourth-order valence-corrected chi connectivity index (χ4v) is 1.36. The predicted molar refractivity (Wildman–Crippen MR) is 65.3 cm³/mol. The van der Waals surface area contributed by atoms with Crippen molar-refractivity contribution in [1.29, 1.82) is 5.26 Å². The van der Waals surface area contributed by atoms with Crippen LogP contribution in [0.3, 0.4) is 0 Å². The van der Waals surface area contributed by atoms with E-state index in [1.165, 1.54) is 6.20 Å². The molecular formula is C11H15N5O. The van der Waals surface area contributed by atoms with Gasteiger partial charge in [0.2, 0.25) is 5.91 Å². The molecule has 0 atom stereocenters. The lowest BCUT2D eigenvalue weighted by Crippen LogP contribution is -2.27. The van der Waals surface area contributed by atoms with E-state index in [0.29, 0.717) is 30.0 Å². The van der Waals surface area contributed by atoms with Gasteiger partial charge >= 0.3 is 0 Å². The van der Waals surface area contributed by atoms with Crippen LogP contribution in [-0.2, 0) is 4.79 Å². The van der Waals surface area contributed by atoms with Gasteiger partial charge in [0.15, 0.2) is 0 Å². The Morgan fingerprint density at radius 2 is 2.41 bits per heavy atom. The number of nitriles is 1. The van der Waals surface area contributed by atoms with Crippen LogP contribution in [0.5, 0.6) is 0 Å². The molecular weight excluding hydrogens is 218 g/mol. The van der Waals surface area contributed by atoms with E-state index >= 15 is 0 Å². The summed E-state index contributed by atoms with van der Waals surface area (Å²) in [5.41, 5.74) is 6.41. The topological polar surface area (TPSA) is 95.0 Å². The maximum atomic E-state index is 11.1. The van der Waals surface area contributed by atoms with Crippen LogP contribution in [0.4, 0.5) is 11.5 Å². The largest absolute Gasteiger partial charge is 0.397 e. The Morgan fingerprint density at radius 1 is 1.71 bits per heavy atom. The molecule has 6 heteroatoms. The van der Waals surface area contributed by atoms with E-state index in [0.717, 1.165) is 0 Å². The lowest BCUT2D eigenvalue weighted by molar-refractivity contribution is -0.120. The predicted octanol–water partition coefficient (Wildman–Crippen LogP) is 0.108. The minimum Gasteiger partial charge on any atom is -0.397 e. The molecule has 90 valence electrons. The number of amides is 1. The normalized spacial score (nSPS) is 9.47. The Kier molecular flexibility index (Phi) is 4.29. The zero-order valence-electron chi connectivity index (χ0n) is 9.90. The first-order chi connectivity index (χ1) is 8.08. The number of rotatable bonds is 4. The van der Waals surface area contributed by atoms with Crippen molar-refractivity contribution in [1.82, 2.24) is 10.3 Å². The summed E-state index contributed by atoms with van der Waals surface area (Å²) in [5.74, 6) is 0.483. The Balaban J connectivity index is 2.79. The van der Waals surface area contributed by atoms with Crippen LogP contribution in [0.15, 0.2) is 12.3 Å². The van der Waals surface area contributed by atoms with Crippen LogP contribution < -0.4 is 16.0 Å². The first-order valence-electron chi connectivity index (χ1n) is 5.15. The van der Waals surface area contributed by atoms with Crippen LogP contribution >= 0.6 is 0 Å². The van der Waals surface area contributed by atoms with Crippen molar-refractivity contribution in [2.24, 2.45) is 0 Å². The smallest absolute Gasteiger partial charge is 0.221 e. The van der Waals surface area contributed by atoms with E-state index in [1.54, 1.807) is 25.1 Å². The number of nitrogens with two attached hydrogens (primary N) is 1. The minimum atomic E-state index is -0.0502. The second kappa shape index (κ2) is 5.70. The van der Waals surface area contributed by atoms with Gasteiger partial charge in [-0.25, -0.2) is 4.98 Å². The second-order valence-electron chi connectivity index (χ2n) is 3.60. The molecule has 17 heavy (non-hydrogen) atoms. The fourth-order valence-electron chi connectivity index (χ4n) is 1.36. The van der Waals surface area contributed by atoms with Crippen molar-refractivity contribution < 1.29 is 4.79 Å². The Morgan fingerprint density at radius 3 is 3.00 bits per heavy atom. The third kappa shape index (κ3) is 3.34. The molecule has 0 aromatic carbocycles. The average molecular weight is 233 g/mol. The number of hydrogen-bond donors (Lipinski definition) is 2.